The summed E-state index contributed by atoms with van der Waals surface area (Å²) >= 11 is 0. The summed E-state index contributed by atoms with van der Waals surface area (Å²) in [6.07, 6.45) is 0.389. The van der Waals surface area contributed by atoms with E-state index < -0.39 is 6.10 Å². The smallest absolute Gasteiger partial charge is 0.134 e. The zero-order valence-corrected chi connectivity index (χ0v) is 16.0. The van der Waals surface area contributed by atoms with Gasteiger partial charge in [-0.15, -0.1) is 0 Å². The number of hydrogen-bond acceptors (Lipinski definition) is 3. The SMILES string of the molecule is CC(=O)Cc1ccc(OCC([O-])CC(C)C(C)C)cc1.[Rn]. The Morgan fingerprint density at radius 3 is 2.24 bits per heavy atom. The van der Waals surface area contributed by atoms with Crippen LogP contribution >= 0.6 is 0 Å². The molecule has 0 aliphatic heterocycles. The topological polar surface area (TPSA) is 49.4 Å². The minimum absolute atomic E-state index is 0. The Balaban J connectivity index is 0.00000400. The van der Waals surface area contributed by atoms with E-state index in [0.29, 0.717) is 30.4 Å². The Labute approximate surface area is 190 Å². The molecule has 1 aromatic carbocycles. The summed E-state index contributed by atoms with van der Waals surface area (Å²) in [4.78, 5) is 11.0. The number of rotatable bonds is 8. The van der Waals surface area contributed by atoms with Crippen molar-refractivity contribution < 1.29 is 86.5 Å². The van der Waals surface area contributed by atoms with Gasteiger partial charge in [-0.05, 0) is 36.5 Å². The van der Waals surface area contributed by atoms with Gasteiger partial charge in [0.15, 0.2) is 0 Å². The van der Waals surface area contributed by atoms with E-state index in [9.17, 15) is 9.90 Å². The molecule has 0 aliphatic carbocycles. The first-order valence-electron chi connectivity index (χ1n) is 7.25. The van der Waals surface area contributed by atoms with Crippen LogP contribution in [0.4, 0.5) is 0 Å². The quantitative estimate of drug-likeness (QED) is 0.553. The zero-order valence-electron chi connectivity index (χ0n) is 13.2. The van der Waals surface area contributed by atoms with Crippen molar-refractivity contribution in [3.05, 3.63) is 29.8 Å². The van der Waals surface area contributed by atoms with E-state index in [1.54, 1.807) is 6.92 Å². The van der Waals surface area contributed by atoms with E-state index in [1.165, 1.54) is 0 Å². The number of carbonyl (C=O) groups is 1. The molecule has 0 saturated carbocycles. The zero-order chi connectivity index (χ0) is 15.1. The molecule has 21 heavy (non-hydrogen) atoms. The monoisotopic (exact) mass is 499 g/mol. The maximum atomic E-state index is 11.9. The van der Waals surface area contributed by atoms with Gasteiger partial charge in [0.25, 0.3) is 0 Å². The fourth-order valence-electron chi connectivity index (χ4n) is 1.94. The Morgan fingerprint density at radius 1 is 1.19 bits per heavy atom. The molecule has 2 unspecified atom stereocenters. The van der Waals surface area contributed by atoms with Crippen molar-refractivity contribution in [3.63, 3.8) is 0 Å². The first-order valence-corrected chi connectivity index (χ1v) is 7.25. The van der Waals surface area contributed by atoms with E-state index in [4.69, 9.17) is 4.74 Å². The van der Waals surface area contributed by atoms with Gasteiger partial charge in [0, 0.05) is 78.3 Å². The van der Waals surface area contributed by atoms with Crippen LogP contribution in [-0.2, 0) is 11.2 Å². The van der Waals surface area contributed by atoms with Crippen LogP contribution in [0.3, 0.4) is 0 Å². The largest absolute Gasteiger partial charge is 0.850 e. The number of ether oxygens (including phenoxy) is 1. The first kappa shape index (κ1) is 21.8. The molecule has 0 aliphatic rings. The van der Waals surface area contributed by atoms with E-state index in [1.807, 2.05) is 24.3 Å². The van der Waals surface area contributed by atoms with Gasteiger partial charge in [0.1, 0.15) is 11.5 Å². The Hall–Kier alpha value is 0.767. The van der Waals surface area contributed by atoms with Crippen molar-refractivity contribution >= 4 is 5.78 Å². The first-order chi connectivity index (χ1) is 9.38. The molecule has 0 spiro atoms. The number of hydrogen-bond donors (Lipinski definition) is 0. The van der Waals surface area contributed by atoms with Crippen LogP contribution in [0, 0.1) is 83.7 Å². The Morgan fingerprint density at radius 2 is 1.76 bits per heavy atom. The third kappa shape index (κ3) is 9.49. The van der Waals surface area contributed by atoms with Crippen LogP contribution in [0.1, 0.15) is 39.7 Å². The number of carbonyl (C=O) groups excluding carboxylic acids is 1. The van der Waals surface area contributed by atoms with E-state index in [0.717, 1.165) is 5.56 Å². The van der Waals surface area contributed by atoms with E-state index in [-0.39, 0.29) is 84.3 Å². The molecule has 0 bridgehead atoms. The van der Waals surface area contributed by atoms with E-state index in [2.05, 4.69) is 20.8 Å². The molecule has 1 aromatic rings. The maximum absolute atomic E-state index is 11.9. The second-order valence-electron chi connectivity index (χ2n) is 5.91. The summed E-state index contributed by atoms with van der Waals surface area (Å²) in [6.45, 7) is 8.13. The van der Waals surface area contributed by atoms with Crippen molar-refractivity contribution in [2.45, 2.75) is 46.6 Å². The van der Waals surface area contributed by atoms with Gasteiger partial charge in [-0.3, -0.25) is 4.79 Å². The second-order valence-corrected chi connectivity index (χ2v) is 5.91. The Kier molecular flexibility index (Phi) is 11.7. The minimum Gasteiger partial charge on any atom is -0.850 e. The van der Waals surface area contributed by atoms with Gasteiger partial charge in [0.2, 0.25) is 0 Å². The molecule has 0 N–H and O–H groups in total. The van der Waals surface area contributed by atoms with E-state index >= 15 is 0 Å². The summed E-state index contributed by atoms with van der Waals surface area (Å²) in [5.41, 5.74) is 0.969. The predicted octanol–water partition coefficient (Wildman–Crippen LogP) is 2.61. The molecular formula is C17H25O3Rn-. The normalized spacial score (nSPS) is 13.4. The third-order valence-electron chi connectivity index (χ3n) is 3.59. The number of Topliss-reactive ketones (excluding diaryl/α,β-unsaturated/α-hetero) is 1. The fourth-order valence-corrected chi connectivity index (χ4v) is 1.94. The van der Waals surface area contributed by atoms with Crippen molar-refractivity contribution in [1.82, 2.24) is 0 Å². The van der Waals surface area contributed by atoms with Gasteiger partial charge in [-0.1, -0.05) is 45.4 Å². The molecule has 120 valence electrons. The van der Waals surface area contributed by atoms with Crippen LogP contribution in [0.5, 0.6) is 5.75 Å². The average molecular weight is 499 g/mol. The summed E-state index contributed by atoms with van der Waals surface area (Å²) in [5, 5.41) is 11.9. The van der Waals surface area contributed by atoms with Crippen molar-refractivity contribution in [2.24, 2.45) is 11.8 Å². The molecular weight excluding hydrogens is 474 g/mol. The molecule has 1 rings (SSSR count). The van der Waals surface area contributed by atoms with Crippen LogP contribution in [0.2, 0.25) is 0 Å². The van der Waals surface area contributed by atoms with Crippen LogP contribution in [0.15, 0.2) is 24.3 Å². The van der Waals surface area contributed by atoms with Crippen LogP contribution in [0.25, 0.3) is 0 Å². The Bertz CT molecular complexity index is 415. The third-order valence-corrected chi connectivity index (χ3v) is 3.59. The molecule has 0 saturated heterocycles. The van der Waals surface area contributed by atoms with Gasteiger partial charge >= 0.3 is 0 Å². The van der Waals surface area contributed by atoms with Crippen LogP contribution < -0.4 is 9.84 Å². The summed E-state index contributed by atoms with van der Waals surface area (Å²) in [7, 11) is 0. The van der Waals surface area contributed by atoms with Crippen molar-refractivity contribution in [1.29, 1.82) is 0 Å². The molecule has 0 aromatic heterocycles. The molecule has 2 atom stereocenters. The average Bonchev–Trinajstić information content (AvgIpc) is 2.37. The van der Waals surface area contributed by atoms with Gasteiger partial charge in [0.05, 0.1) is 6.61 Å². The minimum atomic E-state index is -0.690. The second kappa shape index (κ2) is 11.3. The predicted molar refractivity (Wildman–Crippen MR) is 78.7 cm³/mol. The molecule has 0 fully saturated rings. The van der Waals surface area contributed by atoms with Crippen molar-refractivity contribution in [2.75, 3.05) is 6.61 Å². The molecule has 4 heteroatoms. The molecule has 3 nitrogen and oxygen atoms in total. The van der Waals surface area contributed by atoms with Gasteiger partial charge in [-0.25, -0.2) is 0 Å². The van der Waals surface area contributed by atoms with Crippen LogP contribution in [-0.4, -0.2) is 18.5 Å². The molecule has 0 heterocycles. The van der Waals surface area contributed by atoms with Crippen molar-refractivity contribution in [3.8, 4) is 5.75 Å². The van der Waals surface area contributed by atoms with Gasteiger partial charge < -0.3 is 9.84 Å². The maximum Gasteiger partial charge on any atom is 0.134 e. The summed E-state index contributed by atoms with van der Waals surface area (Å²) in [6, 6.07) is 7.37. The standard InChI is InChI=1S/C17H25O3.Rn/c1-12(2)13(3)9-16(19)11-20-17-7-5-15(6-8-17)10-14(4)18;/h5-8,12-13,16H,9-11H2,1-4H3;/q-1;. The molecule has 0 radical (unpaired) electrons. The van der Waals surface area contributed by atoms with Gasteiger partial charge in [-0.2, -0.15) is 0 Å². The summed E-state index contributed by atoms with van der Waals surface area (Å²) < 4.78 is 5.51. The molecule has 0 amide bonds. The fraction of sp³-hybridized carbons (Fsp3) is 0.588. The number of ketones is 1. The number of benzene rings is 1. The summed E-state index contributed by atoms with van der Waals surface area (Å²) in [5.74, 6) is 1.77.